The lowest BCUT2D eigenvalue weighted by molar-refractivity contribution is -0.385. The maximum absolute atomic E-state index is 12.6. The molecule has 0 aliphatic carbocycles. The zero-order valence-corrected chi connectivity index (χ0v) is 17.5. The van der Waals surface area contributed by atoms with Crippen LogP contribution in [0.2, 0.25) is 0 Å². The minimum Gasteiger partial charge on any atom is -0.493 e. The van der Waals surface area contributed by atoms with E-state index in [9.17, 15) is 14.9 Å². The molecule has 0 bridgehead atoms. The molecular weight excluding hydrogens is 392 g/mol. The summed E-state index contributed by atoms with van der Waals surface area (Å²) in [5.41, 5.74) is 0.480. The first-order valence-electron chi connectivity index (χ1n) is 9.52. The number of benzene rings is 2. The van der Waals surface area contributed by atoms with Gasteiger partial charge >= 0.3 is 0 Å². The van der Waals surface area contributed by atoms with Crippen LogP contribution in [0.3, 0.4) is 0 Å². The Morgan fingerprint density at radius 2 is 1.60 bits per heavy atom. The van der Waals surface area contributed by atoms with Gasteiger partial charge in [0.1, 0.15) is 5.56 Å². The Bertz CT molecular complexity index is 899. The van der Waals surface area contributed by atoms with E-state index in [4.69, 9.17) is 18.9 Å². The van der Waals surface area contributed by atoms with Crippen molar-refractivity contribution >= 4 is 11.6 Å². The van der Waals surface area contributed by atoms with Gasteiger partial charge in [0.2, 0.25) is 0 Å². The molecule has 0 spiro atoms. The second kappa shape index (κ2) is 10.9. The second-order valence-corrected chi connectivity index (χ2v) is 6.13. The van der Waals surface area contributed by atoms with Gasteiger partial charge in [-0.2, -0.15) is 0 Å². The van der Waals surface area contributed by atoms with E-state index in [-0.39, 0.29) is 29.3 Å². The molecule has 0 atom stereocenters. The van der Waals surface area contributed by atoms with Crippen molar-refractivity contribution in [1.82, 2.24) is 5.32 Å². The van der Waals surface area contributed by atoms with E-state index in [0.29, 0.717) is 31.1 Å². The Morgan fingerprint density at radius 3 is 2.20 bits per heavy atom. The van der Waals surface area contributed by atoms with E-state index in [1.54, 1.807) is 0 Å². The van der Waals surface area contributed by atoms with E-state index >= 15 is 0 Å². The second-order valence-electron chi connectivity index (χ2n) is 6.13. The van der Waals surface area contributed by atoms with Gasteiger partial charge < -0.3 is 24.3 Å². The number of nitro groups is 1. The van der Waals surface area contributed by atoms with E-state index in [1.807, 2.05) is 32.0 Å². The smallest absolute Gasteiger partial charge is 0.286 e. The molecule has 9 nitrogen and oxygen atoms in total. The summed E-state index contributed by atoms with van der Waals surface area (Å²) in [5.74, 6) is 1.14. The summed E-state index contributed by atoms with van der Waals surface area (Å²) in [6.45, 7) is 5.10. The van der Waals surface area contributed by atoms with Gasteiger partial charge in [0.25, 0.3) is 11.6 Å². The molecule has 0 aliphatic heterocycles. The van der Waals surface area contributed by atoms with Crippen molar-refractivity contribution in [2.45, 2.75) is 20.3 Å². The van der Waals surface area contributed by atoms with Crippen LogP contribution < -0.4 is 24.3 Å². The molecule has 0 aromatic heterocycles. The normalized spacial score (nSPS) is 10.3. The van der Waals surface area contributed by atoms with Crippen molar-refractivity contribution in [3.8, 4) is 23.0 Å². The molecule has 9 heteroatoms. The average molecular weight is 418 g/mol. The summed E-state index contributed by atoms with van der Waals surface area (Å²) in [7, 11) is 2.77. The highest BCUT2D eigenvalue weighted by Gasteiger charge is 2.24. The molecule has 0 saturated heterocycles. The van der Waals surface area contributed by atoms with E-state index in [0.717, 1.165) is 5.56 Å². The molecule has 30 heavy (non-hydrogen) atoms. The number of hydrogen-bond acceptors (Lipinski definition) is 7. The molecule has 0 saturated carbocycles. The topological polar surface area (TPSA) is 109 Å². The number of rotatable bonds is 11. The lowest BCUT2D eigenvalue weighted by atomic mass is 10.1. The fourth-order valence-electron chi connectivity index (χ4n) is 2.87. The summed E-state index contributed by atoms with van der Waals surface area (Å²) in [6, 6.07) is 8.05. The fraction of sp³-hybridized carbons (Fsp3) is 0.381. The Morgan fingerprint density at radius 1 is 0.967 bits per heavy atom. The molecule has 2 aromatic carbocycles. The number of ether oxygens (including phenoxy) is 4. The van der Waals surface area contributed by atoms with Gasteiger partial charge in [-0.25, -0.2) is 0 Å². The summed E-state index contributed by atoms with van der Waals surface area (Å²) in [5, 5.41) is 14.1. The number of nitro benzene ring substituents is 1. The van der Waals surface area contributed by atoms with Crippen molar-refractivity contribution in [3.05, 3.63) is 51.6 Å². The van der Waals surface area contributed by atoms with Crippen molar-refractivity contribution in [2.75, 3.05) is 34.0 Å². The summed E-state index contributed by atoms with van der Waals surface area (Å²) < 4.78 is 21.4. The van der Waals surface area contributed by atoms with Gasteiger partial charge in [-0.05, 0) is 38.0 Å². The molecule has 0 aliphatic rings. The maximum Gasteiger partial charge on any atom is 0.286 e. The van der Waals surface area contributed by atoms with E-state index in [1.165, 1.54) is 26.4 Å². The monoisotopic (exact) mass is 418 g/mol. The number of carbonyl (C=O) groups excluding carboxylic acids is 1. The number of carbonyl (C=O) groups is 1. The molecule has 1 amide bonds. The summed E-state index contributed by atoms with van der Waals surface area (Å²) >= 11 is 0. The minimum atomic E-state index is -0.627. The Kier molecular flexibility index (Phi) is 8.28. The first-order valence-corrected chi connectivity index (χ1v) is 9.52. The lowest BCUT2D eigenvalue weighted by Crippen LogP contribution is -2.26. The lowest BCUT2D eigenvalue weighted by Gasteiger charge is -2.13. The van der Waals surface area contributed by atoms with Gasteiger partial charge in [-0.3, -0.25) is 14.9 Å². The van der Waals surface area contributed by atoms with Gasteiger partial charge in [0.15, 0.2) is 23.0 Å². The van der Waals surface area contributed by atoms with Crippen LogP contribution in [0.1, 0.15) is 29.8 Å². The SMILES string of the molecule is CCOc1ccc(CCNC(=O)c2cc(OC)c(OC)cc2[N+](=O)[O-])cc1OCC. The van der Waals surface area contributed by atoms with Crippen LogP contribution in [0, 0.1) is 10.1 Å². The molecular formula is C21H26N2O7. The van der Waals surface area contributed by atoms with Crippen LogP contribution in [0.25, 0.3) is 0 Å². The third-order valence-electron chi connectivity index (χ3n) is 4.25. The molecule has 0 radical (unpaired) electrons. The predicted molar refractivity (Wildman–Crippen MR) is 111 cm³/mol. The first kappa shape index (κ1) is 22.8. The third-order valence-corrected chi connectivity index (χ3v) is 4.25. The summed E-state index contributed by atoms with van der Waals surface area (Å²) in [6.07, 6.45) is 0.513. The molecule has 0 unspecified atom stereocenters. The highest BCUT2D eigenvalue weighted by atomic mass is 16.6. The van der Waals surface area contributed by atoms with Crippen LogP contribution in [0.4, 0.5) is 5.69 Å². The molecule has 0 heterocycles. The van der Waals surface area contributed by atoms with Crippen molar-refractivity contribution in [1.29, 1.82) is 0 Å². The van der Waals surface area contributed by atoms with Crippen molar-refractivity contribution in [2.24, 2.45) is 0 Å². The number of amides is 1. The largest absolute Gasteiger partial charge is 0.493 e. The highest BCUT2D eigenvalue weighted by molar-refractivity contribution is 5.99. The van der Waals surface area contributed by atoms with Crippen LogP contribution >= 0.6 is 0 Å². The average Bonchev–Trinajstić information content (AvgIpc) is 2.74. The fourth-order valence-corrected chi connectivity index (χ4v) is 2.87. The molecule has 162 valence electrons. The van der Waals surface area contributed by atoms with E-state index < -0.39 is 10.8 Å². The Hall–Kier alpha value is -3.49. The molecule has 0 fully saturated rings. The van der Waals surface area contributed by atoms with Crippen molar-refractivity contribution < 1.29 is 28.7 Å². The zero-order chi connectivity index (χ0) is 22.1. The maximum atomic E-state index is 12.6. The standard InChI is InChI=1S/C21H26N2O7/c1-5-29-17-8-7-14(11-20(17)30-6-2)9-10-22-21(24)15-12-18(27-3)19(28-4)13-16(15)23(25)26/h7-8,11-13H,5-6,9-10H2,1-4H3,(H,22,24). The summed E-state index contributed by atoms with van der Waals surface area (Å²) in [4.78, 5) is 23.3. The van der Waals surface area contributed by atoms with Crippen LogP contribution in [0.5, 0.6) is 23.0 Å². The third kappa shape index (κ3) is 5.53. The molecule has 2 rings (SSSR count). The predicted octanol–water partition coefficient (Wildman–Crippen LogP) is 3.38. The van der Waals surface area contributed by atoms with Gasteiger partial charge in [0.05, 0.1) is 38.4 Å². The minimum absolute atomic E-state index is 0.0978. The quantitative estimate of drug-likeness (QED) is 0.440. The van der Waals surface area contributed by atoms with Gasteiger partial charge in [-0.1, -0.05) is 6.07 Å². The number of nitrogens with one attached hydrogen (secondary N) is 1. The van der Waals surface area contributed by atoms with Crippen LogP contribution in [-0.2, 0) is 6.42 Å². The first-order chi connectivity index (χ1) is 14.4. The zero-order valence-electron chi connectivity index (χ0n) is 17.5. The Balaban J connectivity index is 2.12. The van der Waals surface area contributed by atoms with Gasteiger partial charge in [0, 0.05) is 12.6 Å². The Labute approximate surface area is 175 Å². The molecule has 1 N–H and O–H groups in total. The van der Waals surface area contributed by atoms with Crippen LogP contribution in [-0.4, -0.2) is 44.8 Å². The number of hydrogen-bond donors (Lipinski definition) is 1. The van der Waals surface area contributed by atoms with Gasteiger partial charge in [-0.15, -0.1) is 0 Å². The van der Waals surface area contributed by atoms with Crippen LogP contribution in [0.15, 0.2) is 30.3 Å². The van der Waals surface area contributed by atoms with Crippen molar-refractivity contribution in [3.63, 3.8) is 0 Å². The number of methoxy groups -OCH3 is 2. The van der Waals surface area contributed by atoms with E-state index in [2.05, 4.69) is 5.32 Å². The number of nitrogens with zero attached hydrogens (tertiary/aromatic N) is 1. The molecule has 2 aromatic rings. The highest BCUT2D eigenvalue weighted by Crippen LogP contribution is 2.34.